The van der Waals surface area contributed by atoms with Crippen LogP contribution in [0.5, 0.6) is 0 Å². The molecule has 10 atom stereocenters. The zero-order valence-electron chi connectivity index (χ0n) is 30.7. The second-order valence-corrected chi connectivity index (χ2v) is 14.6. The Morgan fingerprint density at radius 2 is 1.89 bits per heavy atom. The molecule has 2 heterocycles. The van der Waals surface area contributed by atoms with Crippen molar-refractivity contribution in [1.82, 2.24) is 4.90 Å². The fourth-order valence-electron chi connectivity index (χ4n) is 6.01. The molecule has 3 N–H and O–H groups in total. The number of aliphatic hydroxyl groups is 3. The second kappa shape index (κ2) is 18.5. The van der Waals surface area contributed by atoms with E-state index in [9.17, 15) is 24.9 Å². The fourth-order valence-corrected chi connectivity index (χ4v) is 6.01. The molecule has 1 fully saturated rings. The lowest BCUT2D eigenvalue weighted by molar-refractivity contribution is -0.905. The van der Waals surface area contributed by atoms with Crippen LogP contribution < -0.4 is 0 Å². The summed E-state index contributed by atoms with van der Waals surface area (Å²) in [5, 5.41) is 32.2. The quantitative estimate of drug-likeness (QED) is 0.0777. The van der Waals surface area contributed by atoms with Crippen molar-refractivity contribution >= 4 is 12.1 Å². The van der Waals surface area contributed by atoms with Crippen LogP contribution in [-0.2, 0) is 19.0 Å². The van der Waals surface area contributed by atoms with Crippen molar-refractivity contribution in [3.8, 4) is 0 Å². The van der Waals surface area contributed by atoms with E-state index in [0.717, 1.165) is 36.1 Å². The Bertz CT molecular complexity index is 1080. The van der Waals surface area contributed by atoms with E-state index >= 15 is 0 Å². The summed E-state index contributed by atoms with van der Waals surface area (Å²) in [6.07, 6.45) is 7.87. The van der Waals surface area contributed by atoms with Gasteiger partial charge in [0, 0.05) is 18.9 Å². The van der Waals surface area contributed by atoms with Crippen LogP contribution >= 0.6 is 0 Å². The van der Waals surface area contributed by atoms with E-state index in [0.29, 0.717) is 13.0 Å². The zero-order valence-corrected chi connectivity index (χ0v) is 30.7. The van der Waals surface area contributed by atoms with E-state index < -0.39 is 36.0 Å². The molecule has 47 heavy (non-hydrogen) atoms. The van der Waals surface area contributed by atoms with Crippen LogP contribution in [0.15, 0.2) is 36.0 Å². The van der Waals surface area contributed by atoms with Crippen molar-refractivity contribution in [2.24, 2.45) is 17.8 Å². The summed E-state index contributed by atoms with van der Waals surface area (Å²) >= 11 is 0. The monoisotopic (exact) mass is 665 g/mol. The Morgan fingerprint density at radius 1 is 1.23 bits per heavy atom. The normalized spacial score (nSPS) is 32.0. The molecule has 0 aromatic heterocycles. The maximum Gasteiger partial charge on any atom is 0.410 e. The molecule has 0 bridgehead atoms. The van der Waals surface area contributed by atoms with Crippen molar-refractivity contribution in [2.45, 2.75) is 130 Å². The molecule has 270 valence electrons. The van der Waals surface area contributed by atoms with Gasteiger partial charge in [-0.1, -0.05) is 52.0 Å². The standard InChI is InChI=1S/C37H65N2O8/c1-11-30(41)28(7)35-31(45-35)23-25(4)15-14-16-26(5)34-27(6)17-18-32(37(8,44)20-19-29(40)24-33(42)47-34)46-36(43)38(9)21-22-39(10,12-2)13-3/h14-18,25,27-32,34-35,40-41,44H,11-13,19-24H2,1-10H3/q+1/b15-14+,18-17+,26-16+/t25-,27+,28-,29-,30+,31-,32+,34-,35-,37-/m1/s1. The van der Waals surface area contributed by atoms with Crippen LogP contribution in [0.3, 0.4) is 0 Å². The molecular weight excluding hydrogens is 600 g/mol. The summed E-state index contributed by atoms with van der Waals surface area (Å²) in [4.78, 5) is 27.5. The highest BCUT2D eigenvalue weighted by Gasteiger charge is 2.45. The largest absolute Gasteiger partial charge is 0.457 e. The van der Waals surface area contributed by atoms with Crippen molar-refractivity contribution in [2.75, 3.05) is 40.3 Å². The summed E-state index contributed by atoms with van der Waals surface area (Å²) in [6, 6.07) is 0. The molecule has 2 rings (SSSR count). The van der Waals surface area contributed by atoms with Gasteiger partial charge in [0.1, 0.15) is 11.7 Å². The smallest absolute Gasteiger partial charge is 0.410 e. The molecule has 1 amide bonds. The van der Waals surface area contributed by atoms with Crippen molar-refractivity contribution in [3.05, 3.63) is 36.0 Å². The van der Waals surface area contributed by atoms with Gasteiger partial charge in [0.05, 0.1) is 64.1 Å². The number of esters is 1. The number of carbonyl (C=O) groups excluding carboxylic acids is 2. The maximum atomic E-state index is 13.2. The highest BCUT2D eigenvalue weighted by atomic mass is 16.6. The summed E-state index contributed by atoms with van der Waals surface area (Å²) in [5.74, 6) is -0.463. The molecule has 0 spiro atoms. The van der Waals surface area contributed by atoms with Crippen molar-refractivity contribution in [1.29, 1.82) is 0 Å². The first-order valence-corrected chi connectivity index (χ1v) is 17.7. The second-order valence-electron chi connectivity index (χ2n) is 14.6. The number of likely N-dealkylation sites (N-methyl/N-ethyl adjacent to an activating group) is 2. The molecule has 0 saturated carbocycles. The third-order valence-corrected chi connectivity index (χ3v) is 10.4. The van der Waals surface area contributed by atoms with E-state index in [4.69, 9.17) is 14.2 Å². The predicted molar refractivity (Wildman–Crippen MR) is 184 cm³/mol. The third-order valence-electron chi connectivity index (χ3n) is 10.4. The van der Waals surface area contributed by atoms with E-state index in [1.807, 2.05) is 45.9 Å². The van der Waals surface area contributed by atoms with Gasteiger partial charge < -0.3 is 38.9 Å². The van der Waals surface area contributed by atoms with Gasteiger partial charge in [0.2, 0.25) is 0 Å². The summed E-state index contributed by atoms with van der Waals surface area (Å²) in [7, 11) is 3.85. The summed E-state index contributed by atoms with van der Waals surface area (Å²) in [6.45, 7) is 19.0. The maximum absolute atomic E-state index is 13.2. The first-order valence-electron chi connectivity index (χ1n) is 17.7. The molecule has 0 radical (unpaired) electrons. The molecule has 2 aliphatic rings. The molecule has 10 nitrogen and oxygen atoms in total. The Morgan fingerprint density at radius 3 is 2.51 bits per heavy atom. The number of aliphatic hydroxyl groups excluding tert-OH is 2. The van der Waals surface area contributed by atoms with Crippen LogP contribution in [0.2, 0.25) is 0 Å². The molecule has 2 aliphatic heterocycles. The third kappa shape index (κ3) is 13.0. The van der Waals surface area contributed by atoms with Gasteiger partial charge in [-0.3, -0.25) is 4.79 Å². The first-order chi connectivity index (χ1) is 22.0. The Hall–Kier alpha value is -2.24. The van der Waals surface area contributed by atoms with E-state index in [1.165, 1.54) is 4.90 Å². The summed E-state index contributed by atoms with van der Waals surface area (Å²) in [5.41, 5.74) is -0.650. The van der Waals surface area contributed by atoms with Gasteiger partial charge in [-0.25, -0.2) is 4.79 Å². The lowest BCUT2D eigenvalue weighted by Crippen LogP contribution is -2.49. The first kappa shape index (κ1) is 40.9. The van der Waals surface area contributed by atoms with Crippen LogP contribution in [-0.4, -0.2) is 119 Å². The number of allylic oxidation sites excluding steroid dienone is 3. The highest BCUT2D eigenvalue weighted by Crippen LogP contribution is 2.36. The van der Waals surface area contributed by atoms with Gasteiger partial charge in [0.15, 0.2) is 6.10 Å². The molecule has 1 saturated heterocycles. The van der Waals surface area contributed by atoms with Crippen molar-refractivity contribution < 1.29 is 43.6 Å². The van der Waals surface area contributed by atoms with Crippen LogP contribution in [0.4, 0.5) is 4.79 Å². The highest BCUT2D eigenvalue weighted by molar-refractivity contribution is 5.70. The lowest BCUT2D eigenvalue weighted by atomic mass is 9.88. The van der Waals surface area contributed by atoms with Crippen LogP contribution in [0.25, 0.3) is 0 Å². The van der Waals surface area contributed by atoms with Crippen LogP contribution in [0.1, 0.15) is 87.5 Å². The Kier molecular flexibility index (Phi) is 16.1. The minimum absolute atomic E-state index is 0.0955. The number of hydrogen-bond donors (Lipinski definition) is 3. The van der Waals surface area contributed by atoms with E-state index in [-0.39, 0.29) is 55.3 Å². The number of epoxide rings is 1. The van der Waals surface area contributed by atoms with Gasteiger partial charge in [-0.05, 0) is 70.9 Å². The number of quaternary nitrogens is 1. The number of cyclic esters (lactones) is 1. The average Bonchev–Trinajstić information content (AvgIpc) is 3.80. The number of carbonyl (C=O) groups is 2. The van der Waals surface area contributed by atoms with Gasteiger partial charge in [0.25, 0.3) is 0 Å². The SMILES string of the molecule is CC[C@H](O)[C@@H](C)[C@H]1O[C@@H]1C[C@H](C)/C=C/C=C(\C)[C@H]1OC(=O)C[C@H](O)CC[C@@](C)(O)[C@@H](OC(=O)N(C)CC[N+](C)(CC)CC)/C=C/[C@@H]1C. The average molecular weight is 666 g/mol. The molecule has 0 aromatic carbocycles. The van der Waals surface area contributed by atoms with E-state index in [2.05, 4.69) is 33.9 Å². The lowest BCUT2D eigenvalue weighted by Gasteiger charge is -2.35. The minimum atomic E-state index is -1.47. The van der Waals surface area contributed by atoms with Gasteiger partial charge in [-0.2, -0.15) is 0 Å². The number of nitrogens with zero attached hydrogens (tertiary/aromatic N) is 2. The molecule has 0 unspecified atom stereocenters. The zero-order chi connectivity index (χ0) is 35.5. The van der Waals surface area contributed by atoms with Gasteiger partial charge >= 0.3 is 12.1 Å². The summed E-state index contributed by atoms with van der Waals surface area (Å²) < 4.78 is 18.4. The number of hydrogen-bond acceptors (Lipinski definition) is 8. The Balaban J connectivity index is 2.18. The molecular formula is C37H65N2O8+. The predicted octanol–water partition coefficient (Wildman–Crippen LogP) is 5.01. The molecule has 0 aromatic rings. The molecule has 10 heteroatoms. The number of rotatable bonds is 14. The Labute approximate surface area is 284 Å². The number of amides is 1. The topological polar surface area (TPSA) is 129 Å². The minimum Gasteiger partial charge on any atom is -0.457 e. The van der Waals surface area contributed by atoms with Gasteiger partial charge in [-0.15, -0.1) is 0 Å². The number of ether oxygens (including phenoxy) is 3. The van der Waals surface area contributed by atoms with Crippen molar-refractivity contribution in [3.63, 3.8) is 0 Å². The van der Waals surface area contributed by atoms with Crippen LogP contribution in [0, 0.1) is 17.8 Å². The fraction of sp³-hybridized carbons (Fsp3) is 0.784. The van der Waals surface area contributed by atoms with E-state index in [1.54, 1.807) is 20.0 Å². The molecule has 0 aliphatic carbocycles.